The van der Waals surface area contributed by atoms with E-state index in [1.165, 1.54) is 0 Å². The maximum Gasteiger partial charge on any atom is 0.306 e. The molecular weight excluding hydrogens is 272 g/mol. The third-order valence-electron chi connectivity index (χ3n) is 3.66. The van der Waals surface area contributed by atoms with Gasteiger partial charge in [0.05, 0.1) is 12.5 Å². The number of hydrogen-bond donors (Lipinski definition) is 2. The minimum Gasteiger partial charge on any atom is -0.481 e. The molecule has 0 bridgehead atoms. The number of amides is 1. The maximum absolute atomic E-state index is 12.0. The number of anilines is 1. The van der Waals surface area contributed by atoms with E-state index < -0.39 is 5.97 Å². The first-order valence-corrected chi connectivity index (χ1v) is 7.06. The monoisotopic (exact) mass is 292 g/mol. The molecule has 2 rings (SSSR count). The van der Waals surface area contributed by atoms with Crippen LogP contribution in [0.15, 0.2) is 18.5 Å². The molecule has 1 amide bonds. The van der Waals surface area contributed by atoms with Crippen molar-refractivity contribution < 1.29 is 14.7 Å². The van der Waals surface area contributed by atoms with E-state index in [0.717, 1.165) is 12.8 Å². The summed E-state index contributed by atoms with van der Waals surface area (Å²) in [6, 6.07) is 1.66. The summed E-state index contributed by atoms with van der Waals surface area (Å²) in [5.41, 5.74) is 0. The second-order valence-electron chi connectivity index (χ2n) is 5.37. The van der Waals surface area contributed by atoms with Crippen molar-refractivity contribution in [2.45, 2.75) is 31.7 Å². The summed E-state index contributed by atoms with van der Waals surface area (Å²) in [5.74, 6) is -0.774. The molecule has 1 aromatic heterocycles. The van der Waals surface area contributed by atoms with Crippen LogP contribution in [0, 0.1) is 5.92 Å². The molecule has 2 N–H and O–H groups in total. The highest BCUT2D eigenvalue weighted by Gasteiger charge is 2.27. The average Bonchev–Trinajstić information content (AvgIpc) is 2.48. The highest BCUT2D eigenvalue weighted by atomic mass is 16.4. The van der Waals surface area contributed by atoms with Gasteiger partial charge in [-0.15, -0.1) is 0 Å². The standard InChI is InChI=1S/C14H20N4O3/c1-18(14-15-6-3-7-16-14)9-12(19)17-11-5-2-4-10(8-11)13(20)21/h3,6-7,10-11H,2,4-5,8-9H2,1H3,(H,17,19)(H,20,21). The van der Waals surface area contributed by atoms with Crippen molar-refractivity contribution in [3.63, 3.8) is 0 Å². The molecule has 0 spiro atoms. The minimum atomic E-state index is -0.774. The number of rotatable bonds is 5. The van der Waals surface area contributed by atoms with E-state index in [-0.39, 0.29) is 24.4 Å². The van der Waals surface area contributed by atoms with Crippen molar-refractivity contribution >= 4 is 17.8 Å². The SMILES string of the molecule is CN(CC(=O)NC1CCCC(C(=O)O)C1)c1ncccn1. The molecular formula is C14H20N4O3. The predicted octanol–water partition coefficient (Wildman–Crippen LogP) is 0.672. The lowest BCUT2D eigenvalue weighted by molar-refractivity contribution is -0.143. The van der Waals surface area contributed by atoms with E-state index in [2.05, 4.69) is 15.3 Å². The zero-order valence-electron chi connectivity index (χ0n) is 12.0. The van der Waals surface area contributed by atoms with Crippen LogP contribution in [0.25, 0.3) is 0 Å². The molecule has 7 heteroatoms. The molecule has 1 aliphatic carbocycles. The van der Waals surface area contributed by atoms with Crippen LogP contribution in [0.5, 0.6) is 0 Å². The van der Waals surface area contributed by atoms with Crippen molar-refractivity contribution in [3.8, 4) is 0 Å². The Labute approximate surface area is 123 Å². The van der Waals surface area contributed by atoms with Gasteiger partial charge in [-0.3, -0.25) is 9.59 Å². The number of likely N-dealkylation sites (N-methyl/N-ethyl adjacent to an activating group) is 1. The van der Waals surface area contributed by atoms with Crippen molar-refractivity contribution in [2.24, 2.45) is 5.92 Å². The van der Waals surface area contributed by atoms with Crippen molar-refractivity contribution in [1.29, 1.82) is 0 Å². The summed E-state index contributed by atoms with van der Waals surface area (Å²) in [5, 5.41) is 12.0. The molecule has 114 valence electrons. The number of carboxylic acid groups (broad SMARTS) is 1. The highest BCUT2D eigenvalue weighted by Crippen LogP contribution is 2.24. The molecule has 1 aliphatic rings. The van der Waals surface area contributed by atoms with E-state index in [0.29, 0.717) is 18.8 Å². The van der Waals surface area contributed by atoms with E-state index >= 15 is 0 Å². The van der Waals surface area contributed by atoms with Crippen molar-refractivity contribution in [1.82, 2.24) is 15.3 Å². The summed E-state index contributed by atoms with van der Waals surface area (Å²) in [7, 11) is 1.75. The Morgan fingerprint density at radius 2 is 2.10 bits per heavy atom. The first-order chi connectivity index (χ1) is 10.1. The fourth-order valence-electron chi connectivity index (χ4n) is 2.59. The van der Waals surface area contributed by atoms with Gasteiger partial charge in [0.2, 0.25) is 11.9 Å². The van der Waals surface area contributed by atoms with Crippen LogP contribution in [-0.4, -0.2) is 46.6 Å². The Bertz CT molecular complexity index is 494. The zero-order valence-corrected chi connectivity index (χ0v) is 12.0. The molecule has 7 nitrogen and oxygen atoms in total. The van der Waals surface area contributed by atoms with Crippen LogP contribution in [-0.2, 0) is 9.59 Å². The molecule has 0 radical (unpaired) electrons. The van der Waals surface area contributed by atoms with Crippen molar-refractivity contribution in [3.05, 3.63) is 18.5 Å². The lowest BCUT2D eigenvalue weighted by atomic mass is 9.86. The van der Waals surface area contributed by atoms with Gasteiger partial charge >= 0.3 is 5.97 Å². The molecule has 2 unspecified atom stereocenters. The van der Waals surface area contributed by atoms with Crippen LogP contribution in [0.4, 0.5) is 5.95 Å². The predicted molar refractivity (Wildman–Crippen MR) is 76.8 cm³/mol. The van der Waals surface area contributed by atoms with Gasteiger partial charge in [0.1, 0.15) is 0 Å². The summed E-state index contributed by atoms with van der Waals surface area (Å²) in [4.78, 5) is 32.8. The van der Waals surface area contributed by atoms with Crippen LogP contribution in [0.3, 0.4) is 0 Å². The molecule has 1 fully saturated rings. The molecule has 0 saturated heterocycles. The highest BCUT2D eigenvalue weighted by molar-refractivity contribution is 5.81. The van der Waals surface area contributed by atoms with Gasteiger partial charge in [0.25, 0.3) is 0 Å². The van der Waals surface area contributed by atoms with Gasteiger partial charge in [-0.2, -0.15) is 0 Å². The number of carbonyl (C=O) groups excluding carboxylic acids is 1. The molecule has 0 aromatic carbocycles. The van der Waals surface area contributed by atoms with Crippen LogP contribution < -0.4 is 10.2 Å². The topological polar surface area (TPSA) is 95.4 Å². The van der Waals surface area contributed by atoms with Crippen LogP contribution in [0.2, 0.25) is 0 Å². The number of carbonyl (C=O) groups is 2. The van der Waals surface area contributed by atoms with Gasteiger partial charge in [-0.25, -0.2) is 9.97 Å². The molecule has 0 aliphatic heterocycles. The van der Waals surface area contributed by atoms with Gasteiger partial charge in [0, 0.05) is 25.5 Å². The maximum atomic E-state index is 12.0. The van der Waals surface area contributed by atoms with Gasteiger partial charge < -0.3 is 15.3 Å². The summed E-state index contributed by atoms with van der Waals surface area (Å²) in [6.07, 6.45) is 6.11. The summed E-state index contributed by atoms with van der Waals surface area (Å²) >= 11 is 0. The molecule has 1 saturated carbocycles. The fraction of sp³-hybridized carbons (Fsp3) is 0.571. The lowest BCUT2D eigenvalue weighted by Crippen LogP contribution is -2.44. The van der Waals surface area contributed by atoms with Gasteiger partial charge in [-0.1, -0.05) is 6.42 Å². The van der Waals surface area contributed by atoms with E-state index in [9.17, 15) is 9.59 Å². The zero-order chi connectivity index (χ0) is 15.2. The fourth-order valence-corrected chi connectivity index (χ4v) is 2.59. The Hall–Kier alpha value is -2.18. The second kappa shape index (κ2) is 7.01. The van der Waals surface area contributed by atoms with Crippen molar-refractivity contribution in [2.75, 3.05) is 18.5 Å². The van der Waals surface area contributed by atoms with E-state index in [1.54, 1.807) is 30.4 Å². The average molecular weight is 292 g/mol. The largest absolute Gasteiger partial charge is 0.481 e. The lowest BCUT2D eigenvalue weighted by Gasteiger charge is -2.28. The normalized spacial score (nSPS) is 21.6. The molecule has 2 atom stereocenters. The number of nitrogens with zero attached hydrogens (tertiary/aromatic N) is 3. The Balaban J connectivity index is 1.83. The number of carboxylic acids is 1. The number of aromatic nitrogens is 2. The first-order valence-electron chi connectivity index (χ1n) is 7.06. The first kappa shape index (κ1) is 15.2. The third kappa shape index (κ3) is 4.40. The molecule has 21 heavy (non-hydrogen) atoms. The Morgan fingerprint density at radius 3 is 2.76 bits per heavy atom. The smallest absolute Gasteiger partial charge is 0.306 e. The third-order valence-corrected chi connectivity index (χ3v) is 3.66. The van der Waals surface area contributed by atoms with E-state index in [1.807, 2.05) is 0 Å². The van der Waals surface area contributed by atoms with Crippen LogP contribution >= 0.6 is 0 Å². The Morgan fingerprint density at radius 1 is 1.38 bits per heavy atom. The van der Waals surface area contributed by atoms with E-state index in [4.69, 9.17) is 5.11 Å². The summed E-state index contributed by atoms with van der Waals surface area (Å²) < 4.78 is 0. The van der Waals surface area contributed by atoms with Crippen LogP contribution in [0.1, 0.15) is 25.7 Å². The Kier molecular flexibility index (Phi) is 5.08. The number of aliphatic carboxylic acids is 1. The number of nitrogens with one attached hydrogen (secondary N) is 1. The quantitative estimate of drug-likeness (QED) is 0.828. The van der Waals surface area contributed by atoms with Gasteiger partial charge in [-0.05, 0) is 25.3 Å². The molecule has 1 aromatic rings. The second-order valence-corrected chi connectivity index (χ2v) is 5.37. The molecule has 1 heterocycles. The minimum absolute atomic E-state index is 0.0579. The van der Waals surface area contributed by atoms with Gasteiger partial charge in [0.15, 0.2) is 0 Å². The summed E-state index contributed by atoms with van der Waals surface area (Å²) in [6.45, 7) is 0.151. The number of hydrogen-bond acceptors (Lipinski definition) is 5.